The van der Waals surface area contributed by atoms with Gasteiger partial charge in [0, 0.05) is 28.8 Å². The van der Waals surface area contributed by atoms with Crippen LogP contribution in [0, 0.1) is 10.1 Å². The summed E-state index contributed by atoms with van der Waals surface area (Å²) < 4.78 is 0. The van der Waals surface area contributed by atoms with Gasteiger partial charge in [0.2, 0.25) is 5.91 Å². The number of para-hydroxylation sites is 1. The van der Waals surface area contributed by atoms with Gasteiger partial charge in [0.15, 0.2) is 0 Å². The number of non-ortho nitro benzene ring substituents is 1. The minimum Gasteiger partial charge on any atom is -0.325 e. The van der Waals surface area contributed by atoms with Crippen molar-refractivity contribution in [1.82, 2.24) is 0 Å². The van der Waals surface area contributed by atoms with E-state index in [2.05, 4.69) is 5.32 Å². The molecule has 7 heteroatoms. The zero-order valence-corrected chi connectivity index (χ0v) is 12.6. The number of halogens is 1. The lowest BCUT2D eigenvalue weighted by Gasteiger charge is -2.10. The first kappa shape index (κ1) is 15.3. The Morgan fingerprint density at radius 1 is 1.24 bits per heavy atom. The Kier molecular flexibility index (Phi) is 4.82. The van der Waals surface area contributed by atoms with Crippen LogP contribution in [0.25, 0.3) is 0 Å². The minimum absolute atomic E-state index is 0.0560. The Hall–Kier alpha value is -2.05. The molecular weight excluding hydrogens is 312 g/mol. The average Bonchev–Trinajstić information content (AvgIpc) is 2.42. The number of hydrogen-bond donors (Lipinski definition) is 1. The van der Waals surface area contributed by atoms with Gasteiger partial charge in [-0.25, -0.2) is 0 Å². The molecule has 0 atom stereocenters. The molecule has 0 aromatic heterocycles. The maximum absolute atomic E-state index is 11.2. The monoisotopic (exact) mass is 322 g/mol. The predicted molar refractivity (Wildman–Crippen MR) is 83.0 cm³/mol. The van der Waals surface area contributed by atoms with Crippen LogP contribution in [-0.4, -0.2) is 10.8 Å². The van der Waals surface area contributed by atoms with Crippen LogP contribution in [0.5, 0.6) is 0 Å². The van der Waals surface area contributed by atoms with Crippen molar-refractivity contribution >= 4 is 40.6 Å². The summed E-state index contributed by atoms with van der Waals surface area (Å²) in [5.41, 5.74) is 0.615. The number of carbonyl (C=O) groups excluding carboxylic acids is 1. The molecule has 0 unspecified atom stereocenters. The highest BCUT2D eigenvalue weighted by molar-refractivity contribution is 7.99. The van der Waals surface area contributed by atoms with E-state index in [1.807, 2.05) is 18.2 Å². The summed E-state index contributed by atoms with van der Waals surface area (Å²) in [7, 11) is 0. The number of nitro benzene ring substituents is 1. The van der Waals surface area contributed by atoms with Crippen molar-refractivity contribution < 1.29 is 9.72 Å². The van der Waals surface area contributed by atoms with Crippen LogP contribution in [0.1, 0.15) is 6.92 Å². The second kappa shape index (κ2) is 6.60. The molecule has 1 amide bonds. The molecule has 1 N–H and O–H groups in total. The standard InChI is InChI=1S/C14H11ClN2O3S/c1-9(18)16-12-4-2-3-5-14(12)21-13-7-6-10(17(19)20)8-11(13)15/h2-8H,1H3,(H,16,18). The third-order valence-electron chi connectivity index (χ3n) is 2.54. The highest BCUT2D eigenvalue weighted by atomic mass is 35.5. The Bertz CT molecular complexity index is 706. The van der Waals surface area contributed by atoms with Crippen molar-refractivity contribution in [2.45, 2.75) is 16.7 Å². The van der Waals surface area contributed by atoms with Gasteiger partial charge in [0.05, 0.1) is 15.6 Å². The fraction of sp³-hybridized carbons (Fsp3) is 0.0714. The molecule has 0 fully saturated rings. The first-order valence-corrected chi connectivity index (χ1v) is 7.15. The topological polar surface area (TPSA) is 72.2 Å². The summed E-state index contributed by atoms with van der Waals surface area (Å²) in [4.78, 5) is 22.9. The van der Waals surface area contributed by atoms with Gasteiger partial charge >= 0.3 is 0 Å². The van der Waals surface area contributed by atoms with Crippen LogP contribution < -0.4 is 5.32 Å². The Balaban J connectivity index is 2.30. The number of benzene rings is 2. The molecule has 2 aromatic carbocycles. The molecule has 0 bridgehead atoms. The second-order valence-electron chi connectivity index (χ2n) is 4.15. The van der Waals surface area contributed by atoms with Crippen molar-refractivity contribution in [2.24, 2.45) is 0 Å². The van der Waals surface area contributed by atoms with E-state index in [4.69, 9.17) is 11.6 Å². The van der Waals surface area contributed by atoms with Gasteiger partial charge in [-0.1, -0.05) is 35.5 Å². The first-order valence-electron chi connectivity index (χ1n) is 5.96. The summed E-state index contributed by atoms with van der Waals surface area (Å²) >= 11 is 7.40. The zero-order chi connectivity index (χ0) is 15.4. The highest BCUT2D eigenvalue weighted by Gasteiger charge is 2.12. The zero-order valence-electron chi connectivity index (χ0n) is 11.0. The van der Waals surface area contributed by atoms with Crippen LogP contribution in [0.4, 0.5) is 11.4 Å². The van der Waals surface area contributed by atoms with Crippen molar-refractivity contribution in [3.8, 4) is 0 Å². The fourth-order valence-electron chi connectivity index (χ4n) is 1.65. The number of nitro groups is 1. The van der Waals surface area contributed by atoms with Gasteiger partial charge in [-0.05, 0) is 18.2 Å². The van der Waals surface area contributed by atoms with Crippen LogP contribution in [-0.2, 0) is 4.79 Å². The lowest BCUT2D eigenvalue weighted by Crippen LogP contribution is -2.06. The molecule has 0 aliphatic carbocycles. The Morgan fingerprint density at radius 3 is 2.57 bits per heavy atom. The molecule has 2 aromatic rings. The van der Waals surface area contributed by atoms with Crippen molar-refractivity contribution in [1.29, 1.82) is 0 Å². The van der Waals surface area contributed by atoms with E-state index in [9.17, 15) is 14.9 Å². The quantitative estimate of drug-likeness (QED) is 0.670. The second-order valence-corrected chi connectivity index (χ2v) is 5.64. The molecule has 0 aliphatic rings. The van der Waals surface area contributed by atoms with Crippen LogP contribution >= 0.6 is 23.4 Å². The van der Waals surface area contributed by atoms with Crippen LogP contribution in [0.3, 0.4) is 0 Å². The van der Waals surface area contributed by atoms with Gasteiger partial charge in [-0.2, -0.15) is 0 Å². The van der Waals surface area contributed by atoms with Crippen LogP contribution in [0.15, 0.2) is 52.3 Å². The number of anilines is 1. The summed E-state index contributed by atoms with van der Waals surface area (Å²) in [5, 5.41) is 13.7. The molecule has 0 saturated carbocycles. The maximum atomic E-state index is 11.2. The molecule has 21 heavy (non-hydrogen) atoms. The molecule has 2 rings (SSSR count). The molecule has 0 radical (unpaired) electrons. The number of carbonyl (C=O) groups is 1. The molecule has 0 aliphatic heterocycles. The normalized spacial score (nSPS) is 10.2. The predicted octanol–water partition coefficient (Wildman–Crippen LogP) is 4.36. The van der Waals surface area contributed by atoms with Crippen LogP contribution in [0.2, 0.25) is 5.02 Å². The summed E-state index contributed by atoms with van der Waals surface area (Å²) in [6.07, 6.45) is 0. The van der Waals surface area contributed by atoms with E-state index in [1.54, 1.807) is 12.1 Å². The van der Waals surface area contributed by atoms with Gasteiger partial charge in [0.1, 0.15) is 0 Å². The summed E-state index contributed by atoms with van der Waals surface area (Å²) in [6.45, 7) is 1.43. The molecule has 5 nitrogen and oxygen atoms in total. The minimum atomic E-state index is -0.494. The number of nitrogens with zero attached hydrogens (tertiary/aromatic N) is 1. The SMILES string of the molecule is CC(=O)Nc1ccccc1Sc1ccc([N+](=O)[O-])cc1Cl. The lowest BCUT2D eigenvalue weighted by molar-refractivity contribution is -0.384. The lowest BCUT2D eigenvalue weighted by atomic mass is 10.3. The maximum Gasteiger partial charge on any atom is 0.270 e. The number of amides is 1. The largest absolute Gasteiger partial charge is 0.325 e. The molecule has 0 heterocycles. The average molecular weight is 323 g/mol. The highest BCUT2D eigenvalue weighted by Crippen LogP contribution is 2.38. The first-order chi connectivity index (χ1) is 9.97. The van der Waals surface area contributed by atoms with Gasteiger partial charge in [0.25, 0.3) is 5.69 Å². The van der Waals surface area contributed by atoms with E-state index in [-0.39, 0.29) is 11.6 Å². The molecule has 108 valence electrons. The van der Waals surface area contributed by atoms with E-state index in [0.717, 1.165) is 4.90 Å². The fourth-order valence-corrected chi connectivity index (χ4v) is 2.85. The number of hydrogen-bond acceptors (Lipinski definition) is 4. The van der Waals surface area contributed by atoms with Crippen molar-refractivity contribution in [2.75, 3.05) is 5.32 Å². The Labute approximate surface area is 130 Å². The molecule has 0 saturated heterocycles. The molecule has 0 spiro atoms. The third kappa shape index (κ3) is 3.96. The van der Waals surface area contributed by atoms with Gasteiger partial charge in [-0.15, -0.1) is 0 Å². The third-order valence-corrected chi connectivity index (χ3v) is 4.12. The van der Waals surface area contributed by atoms with Gasteiger partial charge < -0.3 is 5.32 Å². The summed E-state index contributed by atoms with van der Waals surface area (Å²) in [6, 6.07) is 11.6. The summed E-state index contributed by atoms with van der Waals surface area (Å²) in [5.74, 6) is -0.169. The van der Waals surface area contributed by atoms with E-state index >= 15 is 0 Å². The number of nitrogens with one attached hydrogen (secondary N) is 1. The van der Waals surface area contributed by atoms with E-state index in [1.165, 1.54) is 30.8 Å². The smallest absolute Gasteiger partial charge is 0.270 e. The van der Waals surface area contributed by atoms with Gasteiger partial charge in [-0.3, -0.25) is 14.9 Å². The number of rotatable bonds is 4. The van der Waals surface area contributed by atoms with E-state index in [0.29, 0.717) is 15.6 Å². The van der Waals surface area contributed by atoms with Crippen molar-refractivity contribution in [3.63, 3.8) is 0 Å². The van der Waals surface area contributed by atoms with Crippen molar-refractivity contribution in [3.05, 3.63) is 57.6 Å². The molecular formula is C14H11ClN2O3S. The van der Waals surface area contributed by atoms with E-state index < -0.39 is 4.92 Å². The Morgan fingerprint density at radius 2 is 1.95 bits per heavy atom.